The minimum atomic E-state index is -0.987. The van der Waals surface area contributed by atoms with Crippen LogP contribution in [0.3, 0.4) is 0 Å². The molecule has 1 amide bonds. The van der Waals surface area contributed by atoms with Gasteiger partial charge in [0.2, 0.25) is 0 Å². The number of hydrogen-bond acceptors (Lipinski definition) is 6. The van der Waals surface area contributed by atoms with E-state index in [0.29, 0.717) is 34.3 Å². The number of amides is 1. The van der Waals surface area contributed by atoms with E-state index in [4.69, 9.17) is 18.6 Å². The van der Waals surface area contributed by atoms with Gasteiger partial charge in [-0.2, -0.15) is 0 Å². The van der Waals surface area contributed by atoms with Gasteiger partial charge in [0.15, 0.2) is 6.10 Å². The summed E-state index contributed by atoms with van der Waals surface area (Å²) in [5, 5.41) is 2.67. The van der Waals surface area contributed by atoms with Crippen LogP contribution in [0.15, 0.2) is 28.7 Å². The number of aryl methyl sites for hydroxylation is 2. The van der Waals surface area contributed by atoms with Gasteiger partial charge in [0, 0.05) is 23.9 Å². The molecular weight excluding hydrogens is 326 g/mol. The molecule has 7 nitrogen and oxygen atoms in total. The van der Waals surface area contributed by atoms with Gasteiger partial charge in [0.05, 0.1) is 14.2 Å². The number of carbonyl (C=O) groups is 2. The first-order chi connectivity index (χ1) is 11.8. The highest BCUT2D eigenvalue weighted by atomic mass is 16.5. The number of rotatable bonds is 6. The van der Waals surface area contributed by atoms with Crippen molar-refractivity contribution in [3.05, 3.63) is 41.3 Å². The molecule has 1 atom stereocenters. The van der Waals surface area contributed by atoms with Crippen molar-refractivity contribution in [2.75, 3.05) is 19.5 Å². The molecule has 1 unspecified atom stereocenters. The second-order valence-corrected chi connectivity index (χ2v) is 5.47. The summed E-state index contributed by atoms with van der Waals surface area (Å²) in [6, 6.07) is 6.54. The number of benzene rings is 1. The van der Waals surface area contributed by atoms with Crippen LogP contribution in [0.2, 0.25) is 0 Å². The zero-order valence-electron chi connectivity index (χ0n) is 14.8. The zero-order chi connectivity index (χ0) is 18.6. The van der Waals surface area contributed by atoms with Crippen molar-refractivity contribution in [2.45, 2.75) is 26.9 Å². The molecule has 0 aliphatic rings. The molecule has 0 bridgehead atoms. The van der Waals surface area contributed by atoms with Crippen LogP contribution in [-0.4, -0.2) is 32.2 Å². The van der Waals surface area contributed by atoms with Crippen molar-refractivity contribution < 1.29 is 28.2 Å². The number of nitrogens with one attached hydrogen (secondary N) is 1. The van der Waals surface area contributed by atoms with Crippen molar-refractivity contribution in [1.29, 1.82) is 0 Å². The first-order valence-corrected chi connectivity index (χ1v) is 7.66. The summed E-state index contributed by atoms with van der Waals surface area (Å²) in [5.41, 5.74) is 0.777. The van der Waals surface area contributed by atoms with Crippen molar-refractivity contribution in [3.8, 4) is 11.5 Å². The van der Waals surface area contributed by atoms with Crippen LogP contribution in [0.5, 0.6) is 11.5 Å². The normalized spacial score (nSPS) is 11.6. The van der Waals surface area contributed by atoms with Gasteiger partial charge < -0.3 is 23.9 Å². The molecule has 0 radical (unpaired) electrons. The smallest absolute Gasteiger partial charge is 0.342 e. The lowest BCUT2D eigenvalue weighted by molar-refractivity contribution is -0.123. The van der Waals surface area contributed by atoms with Gasteiger partial charge in [0.25, 0.3) is 5.91 Å². The molecule has 2 aromatic rings. The molecule has 1 N–H and O–H groups in total. The van der Waals surface area contributed by atoms with Gasteiger partial charge in [-0.3, -0.25) is 4.79 Å². The van der Waals surface area contributed by atoms with Gasteiger partial charge in [-0.1, -0.05) is 0 Å². The van der Waals surface area contributed by atoms with E-state index in [2.05, 4.69) is 5.32 Å². The molecule has 1 aromatic heterocycles. The molecule has 0 spiro atoms. The van der Waals surface area contributed by atoms with Crippen molar-refractivity contribution in [1.82, 2.24) is 0 Å². The predicted molar refractivity (Wildman–Crippen MR) is 91.2 cm³/mol. The van der Waals surface area contributed by atoms with Gasteiger partial charge in [-0.15, -0.1) is 0 Å². The molecule has 2 rings (SSSR count). The monoisotopic (exact) mass is 347 g/mol. The van der Waals surface area contributed by atoms with Crippen molar-refractivity contribution in [2.24, 2.45) is 0 Å². The Morgan fingerprint density at radius 3 is 2.12 bits per heavy atom. The zero-order valence-corrected chi connectivity index (χ0v) is 14.8. The molecule has 1 aromatic carbocycles. The Kier molecular flexibility index (Phi) is 5.69. The van der Waals surface area contributed by atoms with E-state index in [-0.39, 0.29) is 0 Å². The number of ether oxygens (including phenoxy) is 3. The Morgan fingerprint density at radius 2 is 1.64 bits per heavy atom. The SMILES string of the molecule is COc1cc(NC(=O)C(C)OC(=O)c2cc(C)oc2C)cc(OC)c1. The lowest BCUT2D eigenvalue weighted by atomic mass is 10.2. The maximum absolute atomic E-state index is 12.3. The fourth-order valence-corrected chi connectivity index (χ4v) is 2.23. The second kappa shape index (κ2) is 7.74. The summed E-state index contributed by atoms with van der Waals surface area (Å²) in [6.45, 7) is 4.89. The third-order valence-corrected chi connectivity index (χ3v) is 3.53. The Bertz CT molecular complexity index is 758. The van der Waals surface area contributed by atoms with Gasteiger partial charge in [0.1, 0.15) is 28.6 Å². The molecule has 7 heteroatoms. The molecule has 0 saturated carbocycles. The third-order valence-electron chi connectivity index (χ3n) is 3.53. The van der Waals surface area contributed by atoms with Gasteiger partial charge in [-0.25, -0.2) is 4.79 Å². The topological polar surface area (TPSA) is 87.0 Å². The fraction of sp³-hybridized carbons (Fsp3) is 0.333. The van der Waals surface area contributed by atoms with E-state index in [1.54, 1.807) is 38.1 Å². The summed E-state index contributed by atoms with van der Waals surface area (Å²) >= 11 is 0. The predicted octanol–water partition coefficient (Wildman–Crippen LogP) is 3.10. The van der Waals surface area contributed by atoms with Crippen LogP contribution in [0.1, 0.15) is 28.8 Å². The first-order valence-electron chi connectivity index (χ1n) is 7.66. The molecular formula is C18H21NO6. The largest absolute Gasteiger partial charge is 0.497 e. The third kappa shape index (κ3) is 4.53. The highest BCUT2D eigenvalue weighted by molar-refractivity contribution is 5.97. The second-order valence-electron chi connectivity index (χ2n) is 5.47. The molecule has 0 fully saturated rings. The molecule has 1 heterocycles. The van der Waals surface area contributed by atoms with E-state index in [1.165, 1.54) is 21.1 Å². The maximum atomic E-state index is 12.3. The summed E-state index contributed by atoms with van der Waals surface area (Å²) in [5.74, 6) is 1.03. The van der Waals surface area contributed by atoms with Crippen molar-refractivity contribution >= 4 is 17.6 Å². The number of hydrogen-bond donors (Lipinski definition) is 1. The highest BCUT2D eigenvalue weighted by Gasteiger charge is 2.22. The number of methoxy groups -OCH3 is 2. The fourth-order valence-electron chi connectivity index (χ4n) is 2.23. The summed E-state index contributed by atoms with van der Waals surface area (Å²) in [4.78, 5) is 24.4. The van der Waals surface area contributed by atoms with E-state index >= 15 is 0 Å². The number of furan rings is 1. The average molecular weight is 347 g/mol. The minimum absolute atomic E-state index is 0.306. The van der Waals surface area contributed by atoms with Crippen LogP contribution >= 0.6 is 0 Å². The van der Waals surface area contributed by atoms with E-state index in [9.17, 15) is 9.59 Å². The Labute approximate surface area is 145 Å². The molecule has 134 valence electrons. The van der Waals surface area contributed by atoms with Crippen LogP contribution in [0, 0.1) is 13.8 Å². The summed E-state index contributed by atoms with van der Waals surface area (Å²) in [6.07, 6.45) is -0.987. The van der Waals surface area contributed by atoms with Crippen LogP contribution in [0.4, 0.5) is 5.69 Å². The van der Waals surface area contributed by atoms with Crippen LogP contribution < -0.4 is 14.8 Å². The summed E-state index contributed by atoms with van der Waals surface area (Å²) in [7, 11) is 3.03. The van der Waals surface area contributed by atoms with Gasteiger partial charge in [-0.05, 0) is 26.8 Å². The van der Waals surface area contributed by atoms with Crippen LogP contribution in [0.25, 0.3) is 0 Å². The molecule has 0 aliphatic heterocycles. The van der Waals surface area contributed by atoms with Gasteiger partial charge >= 0.3 is 5.97 Å². The van der Waals surface area contributed by atoms with E-state index in [0.717, 1.165) is 0 Å². The van der Waals surface area contributed by atoms with E-state index < -0.39 is 18.0 Å². The Hall–Kier alpha value is -2.96. The highest BCUT2D eigenvalue weighted by Crippen LogP contribution is 2.26. The summed E-state index contributed by atoms with van der Waals surface area (Å²) < 4.78 is 20.8. The maximum Gasteiger partial charge on any atom is 0.342 e. The standard InChI is InChI=1S/C18H21NO6/c1-10-6-16(11(2)24-10)18(21)25-12(3)17(20)19-13-7-14(22-4)9-15(8-13)23-5/h6-9,12H,1-5H3,(H,19,20). The quantitative estimate of drug-likeness (QED) is 0.808. The molecule has 0 aliphatic carbocycles. The lowest BCUT2D eigenvalue weighted by Crippen LogP contribution is -2.30. The van der Waals surface area contributed by atoms with Crippen LogP contribution in [-0.2, 0) is 9.53 Å². The molecule has 25 heavy (non-hydrogen) atoms. The van der Waals surface area contributed by atoms with Crippen molar-refractivity contribution in [3.63, 3.8) is 0 Å². The van der Waals surface area contributed by atoms with E-state index in [1.807, 2.05) is 0 Å². The lowest BCUT2D eigenvalue weighted by Gasteiger charge is -2.14. The first kappa shape index (κ1) is 18.4. The Balaban J connectivity index is 2.05. The average Bonchev–Trinajstić information content (AvgIpc) is 2.92. The number of carbonyl (C=O) groups excluding carboxylic acids is 2. The number of esters is 1. The number of anilines is 1. The minimum Gasteiger partial charge on any atom is -0.497 e. The Morgan fingerprint density at radius 1 is 1.04 bits per heavy atom. The molecule has 0 saturated heterocycles.